The van der Waals surface area contributed by atoms with Gasteiger partial charge in [0.25, 0.3) is 0 Å². The molecule has 0 aromatic heterocycles. The third kappa shape index (κ3) is 10.9. The van der Waals surface area contributed by atoms with Gasteiger partial charge in [0.1, 0.15) is 0 Å². The van der Waals surface area contributed by atoms with Crippen molar-refractivity contribution in [3.05, 3.63) is 0 Å². The van der Waals surface area contributed by atoms with E-state index in [1.807, 2.05) is 0 Å². The Kier molecular flexibility index (Phi) is 6.96. The maximum Gasteiger partial charge on any atom is 0.216 e. The van der Waals surface area contributed by atoms with Crippen LogP contribution in [-0.4, -0.2) is 24.9 Å². The van der Waals surface area contributed by atoms with Gasteiger partial charge in [-0.2, -0.15) is 0 Å². The summed E-state index contributed by atoms with van der Waals surface area (Å²) in [4.78, 5) is 20.9. The van der Waals surface area contributed by atoms with Gasteiger partial charge in [0.15, 0.2) is 0 Å². The Morgan fingerprint density at radius 1 is 0.846 bits per heavy atom. The number of unbranched alkanes of at least 4 members (excludes halogenated alkanes) is 2. The number of carbonyl (C=O) groups is 2. The minimum Gasteiger partial charge on any atom is -0.356 e. The Labute approximate surface area is 79.1 Å². The predicted octanol–water partition coefficient (Wildman–Crippen LogP) is 0.429. The lowest BCUT2D eigenvalue weighted by Crippen LogP contribution is -2.22. The Morgan fingerprint density at radius 3 is 1.54 bits per heavy atom. The van der Waals surface area contributed by atoms with Gasteiger partial charge in [0.2, 0.25) is 11.8 Å². The topological polar surface area (TPSA) is 58.2 Å². The third-order valence-electron chi connectivity index (χ3n) is 1.60. The average Bonchev–Trinajstić information content (AvgIpc) is 2.01. The second-order valence-electron chi connectivity index (χ2n) is 3.03. The molecular formula is C9H18N2O2. The largest absolute Gasteiger partial charge is 0.356 e. The van der Waals surface area contributed by atoms with E-state index in [1.165, 1.54) is 13.8 Å². The highest BCUT2D eigenvalue weighted by Gasteiger charge is 1.92. The van der Waals surface area contributed by atoms with Crippen molar-refractivity contribution in [1.29, 1.82) is 0 Å². The summed E-state index contributed by atoms with van der Waals surface area (Å²) in [6, 6.07) is 0. The van der Waals surface area contributed by atoms with Gasteiger partial charge in [-0.05, 0) is 19.3 Å². The number of rotatable bonds is 6. The Balaban J connectivity index is 3.00. The summed E-state index contributed by atoms with van der Waals surface area (Å²) < 4.78 is 0. The Morgan fingerprint density at radius 2 is 1.23 bits per heavy atom. The van der Waals surface area contributed by atoms with E-state index in [0.29, 0.717) is 0 Å². The highest BCUT2D eigenvalue weighted by Crippen LogP contribution is 1.91. The molecule has 13 heavy (non-hydrogen) atoms. The minimum atomic E-state index is 0.0156. The molecule has 76 valence electrons. The van der Waals surface area contributed by atoms with Crippen LogP contribution >= 0.6 is 0 Å². The van der Waals surface area contributed by atoms with E-state index in [0.717, 1.165) is 32.4 Å². The molecule has 2 amide bonds. The molecule has 0 aromatic rings. The molecule has 0 aromatic carbocycles. The van der Waals surface area contributed by atoms with Crippen molar-refractivity contribution in [2.45, 2.75) is 33.1 Å². The third-order valence-corrected chi connectivity index (χ3v) is 1.60. The second kappa shape index (κ2) is 7.58. The normalized spacial score (nSPS) is 9.38. The molecule has 0 rings (SSSR count). The Hall–Kier alpha value is -1.06. The van der Waals surface area contributed by atoms with Gasteiger partial charge in [-0.25, -0.2) is 0 Å². The van der Waals surface area contributed by atoms with Crippen molar-refractivity contribution < 1.29 is 9.59 Å². The number of nitrogens with one attached hydrogen (secondary N) is 2. The molecule has 0 saturated carbocycles. The molecule has 0 bridgehead atoms. The van der Waals surface area contributed by atoms with Gasteiger partial charge < -0.3 is 10.6 Å². The van der Waals surface area contributed by atoms with Crippen molar-refractivity contribution >= 4 is 11.8 Å². The molecule has 0 aliphatic rings. The summed E-state index contributed by atoms with van der Waals surface area (Å²) in [5.74, 6) is 0.0312. The molecule has 0 fully saturated rings. The number of hydrogen-bond acceptors (Lipinski definition) is 2. The van der Waals surface area contributed by atoms with Crippen LogP contribution in [0.3, 0.4) is 0 Å². The molecule has 0 aliphatic carbocycles. The highest BCUT2D eigenvalue weighted by molar-refractivity contribution is 5.73. The zero-order valence-corrected chi connectivity index (χ0v) is 8.35. The van der Waals surface area contributed by atoms with Crippen LogP contribution in [0.25, 0.3) is 0 Å². The van der Waals surface area contributed by atoms with Crippen molar-refractivity contribution in [3.63, 3.8) is 0 Å². The molecule has 0 unspecified atom stereocenters. The Bertz CT molecular complexity index is 151. The summed E-state index contributed by atoms with van der Waals surface area (Å²) in [5, 5.41) is 5.44. The van der Waals surface area contributed by atoms with Crippen molar-refractivity contribution in [1.82, 2.24) is 10.6 Å². The highest BCUT2D eigenvalue weighted by atomic mass is 16.1. The number of hydrogen-bond donors (Lipinski definition) is 2. The fourth-order valence-corrected chi connectivity index (χ4v) is 0.956. The first-order valence-corrected chi connectivity index (χ1v) is 4.62. The molecule has 4 nitrogen and oxygen atoms in total. The molecule has 0 atom stereocenters. The molecule has 0 radical (unpaired) electrons. The molecule has 2 N–H and O–H groups in total. The van der Waals surface area contributed by atoms with E-state index < -0.39 is 0 Å². The first-order valence-electron chi connectivity index (χ1n) is 4.62. The molecule has 0 spiro atoms. The number of carbonyl (C=O) groups excluding carboxylic acids is 2. The van der Waals surface area contributed by atoms with Crippen LogP contribution in [0.4, 0.5) is 0 Å². The van der Waals surface area contributed by atoms with E-state index in [1.54, 1.807) is 0 Å². The van der Waals surface area contributed by atoms with E-state index >= 15 is 0 Å². The lowest BCUT2D eigenvalue weighted by atomic mass is 10.2. The fourth-order valence-electron chi connectivity index (χ4n) is 0.956. The first kappa shape index (κ1) is 11.9. The van der Waals surface area contributed by atoms with Crippen molar-refractivity contribution in [2.24, 2.45) is 0 Å². The summed E-state index contributed by atoms with van der Waals surface area (Å²) in [7, 11) is 0. The molecule has 0 heterocycles. The van der Waals surface area contributed by atoms with Crippen LogP contribution in [0.15, 0.2) is 0 Å². The molecule has 4 heteroatoms. The molecular weight excluding hydrogens is 168 g/mol. The second-order valence-corrected chi connectivity index (χ2v) is 3.03. The van der Waals surface area contributed by atoms with Crippen LogP contribution in [-0.2, 0) is 9.59 Å². The monoisotopic (exact) mass is 186 g/mol. The van der Waals surface area contributed by atoms with Gasteiger partial charge in [-0.3, -0.25) is 9.59 Å². The summed E-state index contributed by atoms with van der Waals surface area (Å²) in [6.45, 7) is 4.49. The van der Waals surface area contributed by atoms with E-state index in [9.17, 15) is 9.59 Å². The summed E-state index contributed by atoms with van der Waals surface area (Å²) >= 11 is 0. The smallest absolute Gasteiger partial charge is 0.216 e. The minimum absolute atomic E-state index is 0.0156. The summed E-state index contributed by atoms with van der Waals surface area (Å²) in [5.41, 5.74) is 0. The van der Waals surface area contributed by atoms with Crippen molar-refractivity contribution in [3.8, 4) is 0 Å². The van der Waals surface area contributed by atoms with Gasteiger partial charge in [-0.15, -0.1) is 0 Å². The predicted molar refractivity (Wildman–Crippen MR) is 51.2 cm³/mol. The van der Waals surface area contributed by atoms with Crippen LogP contribution in [0.1, 0.15) is 33.1 Å². The lowest BCUT2D eigenvalue weighted by molar-refractivity contribution is -0.119. The SMILES string of the molecule is CC(=O)NCCCCCNC(C)=O. The van der Waals surface area contributed by atoms with Crippen LogP contribution in [0, 0.1) is 0 Å². The molecule has 0 saturated heterocycles. The lowest BCUT2D eigenvalue weighted by Gasteiger charge is -2.02. The van der Waals surface area contributed by atoms with Crippen molar-refractivity contribution in [2.75, 3.05) is 13.1 Å². The maximum atomic E-state index is 10.5. The van der Waals surface area contributed by atoms with Gasteiger partial charge >= 0.3 is 0 Å². The van der Waals surface area contributed by atoms with Crippen LogP contribution in [0.2, 0.25) is 0 Å². The molecule has 0 aliphatic heterocycles. The summed E-state index contributed by atoms with van der Waals surface area (Å²) in [6.07, 6.45) is 2.97. The quantitative estimate of drug-likeness (QED) is 0.591. The zero-order valence-electron chi connectivity index (χ0n) is 8.35. The fraction of sp³-hybridized carbons (Fsp3) is 0.778. The standard InChI is InChI=1S/C9H18N2O2/c1-8(12)10-6-4-3-5-7-11-9(2)13/h3-7H2,1-2H3,(H,10,12)(H,11,13). The number of amides is 2. The van der Waals surface area contributed by atoms with E-state index in [2.05, 4.69) is 10.6 Å². The average molecular weight is 186 g/mol. The zero-order chi connectivity index (χ0) is 10.1. The van der Waals surface area contributed by atoms with Gasteiger partial charge in [0, 0.05) is 26.9 Å². The van der Waals surface area contributed by atoms with Gasteiger partial charge in [0.05, 0.1) is 0 Å². The first-order chi connectivity index (χ1) is 6.13. The van der Waals surface area contributed by atoms with E-state index in [-0.39, 0.29) is 11.8 Å². The maximum absolute atomic E-state index is 10.5. The van der Waals surface area contributed by atoms with Crippen LogP contribution < -0.4 is 10.6 Å². The van der Waals surface area contributed by atoms with Gasteiger partial charge in [-0.1, -0.05) is 0 Å². The van der Waals surface area contributed by atoms with E-state index in [4.69, 9.17) is 0 Å². The van der Waals surface area contributed by atoms with Crippen LogP contribution in [0.5, 0.6) is 0 Å².